The van der Waals surface area contributed by atoms with Crippen molar-refractivity contribution in [2.45, 2.75) is 61.8 Å². The molecule has 2 atom stereocenters. The first-order valence-electron chi connectivity index (χ1n) is 10.6. The van der Waals surface area contributed by atoms with Gasteiger partial charge in [-0.25, -0.2) is 17.9 Å². The normalized spacial score (nSPS) is 19.2. The Balaban J connectivity index is 2.02. The van der Waals surface area contributed by atoms with Gasteiger partial charge in [-0.3, -0.25) is 0 Å². The summed E-state index contributed by atoms with van der Waals surface area (Å²) in [5.41, 5.74) is -1.17. The smallest absolute Gasteiger partial charge is 0.422 e. The van der Waals surface area contributed by atoms with Gasteiger partial charge in [-0.1, -0.05) is 0 Å². The number of aryl methyl sites for hydroxylation is 1. The third kappa shape index (κ3) is 5.71. The maximum atomic E-state index is 13.8. The van der Waals surface area contributed by atoms with E-state index in [0.717, 1.165) is 0 Å². The lowest BCUT2D eigenvalue weighted by atomic mass is 10.2. The molecule has 0 saturated carbocycles. The van der Waals surface area contributed by atoms with Gasteiger partial charge in [0.1, 0.15) is 17.6 Å². The Morgan fingerprint density at radius 1 is 1.19 bits per heavy atom. The molecule has 3 rings (SSSR count). The summed E-state index contributed by atoms with van der Waals surface area (Å²) in [7, 11) is -4.78. The van der Waals surface area contributed by atoms with Crippen LogP contribution in [0.15, 0.2) is 29.2 Å². The van der Waals surface area contributed by atoms with Crippen molar-refractivity contribution >= 4 is 21.6 Å². The predicted octanol–water partition coefficient (Wildman–Crippen LogP) is 4.24. The van der Waals surface area contributed by atoms with Gasteiger partial charge in [0.05, 0.1) is 21.4 Å². The Bertz CT molecular complexity index is 1240. The highest BCUT2D eigenvalue weighted by Gasteiger charge is 2.47. The van der Waals surface area contributed by atoms with Crippen LogP contribution in [0.3, 0.4) is 0 Å². The second kappa shape index (κ2) is 9.48. The molecule has 15 heteroatoms. The molecular weight excluding hydrogens is 520 g/mol. The zero-order chi connectivity index (χ0) is 27.2. The van der Waals surface area contributed by atoms with E-state index in [1.54, 1.807) is 26.8 Å². The molecule has 200 valence electrons. The summed E-state index contributed by atoms with van der Waals surface area (Å²) in [4.78, 5) is 12.1. The van der Waals surface area contributed by atoms with Gasteiger partial charge in [0.25, 0.3) is 0 Å². The molecule has 0 radical (unpaired) electrons. The second-order valence-corrected chi connectivity index (χ2v) is 10.8. The Labute approximate surface area is 202 Å². The number of hydrogen-bond acceptors (Lipinski definition) is 6. The number of sulfone groups is 1. The molecule has 0 amide bonds. The molecule has 0 spiro atoms. The summed E-state index contributed by atoms with van der Waals surface area (Å²) in [6.45, 7) is 2.90. The number of carbonyl (C=O) groups is 1. The van der Waals surface area contributed by atoms with Crippen molar-refractivity contribution < 1.29 is 49.4 Å². The van der Waals surface area contributed by atoms with E-state index < -0.39 is 75.2 Å². The van der Waals surface area contributed by atoms with Crippen LogP contribution in [0.5, 0.6) is 5.75 Å². The van der Waals surface area contributed by atoms with Crippen LogP contribution in [0.1, 0.15) is 37.6 Å². The standard InChI is InChI=1S/C21H23F6N3O5S/c1-11(2)30-18(6-12(3)28-30)29-9-14(8-16(29)19(31)32)36(33,34)17-5-4-13(35-10-20(22,23)24)7-15(17)21(25,26)27/h4-7,11,14,16H,8-10H2,1-3H3,(H,31,32). The van der Waals surface area contributed by atoms with Crippen molar-refractivity contribution in [2.75, 3.05) is 18.1 Å². The molecule has 2 unspecified atom stereocenters. The lowest BCUT2D eigenvalue weighted by Crippen LogP contribution is -2.37. The van der Waals surface area contributed by atoms with Crippen LogP contribution in [0.25, 0.3) is 0 Å². The number of carboxylic acid groups (broad SMARTS) is 1. The largest absolute Gasteiger partial charge is 0.484 e. The van der Waals surface area contributed by atoms with Gasteiger partial charge in [-0.05, 0) is 45.4 Å². The van der Waals surface area contributed by atoms with Crippen LogP contribution in [0.2, 0.25) is 0 Å². The monoisotopic (exact) mass is 543 g/mol. The lowest BCUT2D eigenvalue weighted by molar-refractivity contribution is -0.153. The minimum Gasteiger partial charge on any atom is -0.484 e. The van der Waals surface area contributed by atoms with Gasteiger partial charge in [-0.15, -0.1) is 0 Å². The average molecular weight is 543 g/mol. The van der Waals surface area contributed by atoms with E-state index in [2.05, 4.69) is 9.84 Å². The van der Waals surface area contributed by atoms with E-state index in [1.807, 2.05) is 0 Å². The predicted molar refractivity (Wildman–Crippen MR) is 115 cm³/mol. The molecule has 36 heavy (non-hydrogen) atoms. The van der Waals surface area contributed by atoms with E-state index in [-0.39, 0.29) is 12.1 Å². The van der Waals surface area contributed by atoms with E-state index in [1.165, 1.54) is 9.58 Å². The van der Waals surface area contributed by atoms with Gasteiger partial charge in [0, 0.05) is 18.7 Å². The summed E-state index contributed by atoms with van der Waals surface area (Å²) in [5.74, 6) is -1.88. The number of alkyl halides is 6. The Hall–Kier alpha value is -2.97. The Morgan fingerprint density at radius 3 is 2.36 bits per heavy atom. The summed E-state index contributed by atoms with van der Waals surface area (Å²) in [6, 6.07) is 1.40. The van der Waals surface area contributed by atoms with E-state index >= 15 is 0 Å². The quantitative estimate of drug-likeness (QED) is 0.522. The number of aromatic nitrogens is 2. The van der Waals surface area contributed by atoms with Crippen LogP contribution in [-0.4, -0.2) is 59.9 Å². The average Bonchev–Trinajstić information content (AvgIpc) is 3.35. The highest BCUT2D eigenvalue weighted by atomic mass is 32.2. The van der Waals surface area contributed by atoms with Crippen LogP contribution in [0.4, 0.5) is 32.2 Å². The maximum absolute atomic E-state index is 13.8. The zero-order valence-electron chi connectivity index (χ0n) is 19.3. The Kier molecular flexibility index (Phi) is 7.27. The fraction of sp³-hybridized carbons (Fsp3) is 0.524. The topological polar surface area (TPSA) is 102 Å². The van der Waals surface area contributed by atoms with Gasteiger partial charge in [0.15, 0.2) is 16.4 Å². The van der Waals surface area contributed by atoms with Gasteiger partial charge in [0.2, 0.25) is 0 Å². The van der Waals surface area contributed by atoms with Crippen molar-refractivity contribution in [1.29, 1.82) is 0 Å². The summed E-state index contributed by atoms with van der Waals surface area (Å²) in [5, 5.41) is 12.5. The first kappa shape index (κ1) is 27.6. The first-order valence-corrected chi connectivity index (χ1v) is 12.2. The number of hydrogen-bond donors (Lipinski definition) is 1. The van der Waals surface area contributed by atoms with Crippen molar-refractivity contribution in [3.8, 4) is 5.75 Å². The fourth-order valence-corrected chi connectivity index (χ4v) is 5.91. The number of rotatable bonds is 7. The molecule has 2 aromatic rings. The minimum absolute atomic E-state index is 0.192. The van der Waals surface area contributed by atoms with E-state index in [9.17, 15) is 44.7 Å². The number of nitrogens with zero attached hydrogens (tertiary/aromatic N) is 3. The molecule has 1 aromatic carbocycles. The van der Waals surface area contributed by atoms with Gasteiger partial charge >= 0.3 is 18.3 Å². The molecule has 1 saturated heterocycles. The molecule has 2 heterocycles. The maximum Gasteiger partial charge on any atom is 0.422 e. The highest BCUT2D eigenvalue weighted by Crippen LogP contribution is 2.40. The van der Waals surface area contributed by atoms with E-state index in [0.29, 0.717) is 23.6 Å². The number of ether oxygens (including phenoxy) is 1. The summed E-state index contributed by atoms with van der Waals surface area (Å²) in [6.07, 6.45) is -10.6. The Morgan fingerprint density at radius 2 is 1.83 bits per heavy atom. The number of anilines is 1. The molecule has 0 aliphatic carbocycles. The number of aliphatic carboxylic acids is 1. The van der Waals surface area contributed by atoms with Crippen molar-refractivity contribution in [3.05, 3.63) is 35.5 Å². The summed E-state index contributed by atoms with van der Waals surface area (Å²) < 4.78 is 111. The molecule has 0 bridgehead atoms. The van der Waals surface area contributed by atoms with Crippen LogP contribution in [0, 0.1) is 6.92 Å². The SMILES string of the molecule is Cc1cc(N2CC(S(=O)(=O)c3ccc(OCC(F)(F)F)cc3C(F)(F)F)CC2C(=O)O)n(C(C)C)n1. The molecule has 8 nitrogen and oxygen atoms in total. The molecule has 1 aromatic heterocycles. The molecule has 1 aliphatic rings. The third-order valence-corrected chi connectivity index (χ3v) is 7.76. The van der Waals surface area contributed by atoms with Gasteiger partial charge in [-0.2, -0.15) is 31.4 Å². The van der Waals surface area contributed by atoms with Crippen molar-refractivity contribution in [3.63, 3.8) is 0 Å². The molecule has 1 aliphatic heterocycles. The van der Waals surface area contributed by atoms with Crippen molar-refractivity contribution in [2.24, 2.45) is 0 Å². The van der Waals surface area contributed by atoms with Crippen LogP contribution >= 0.6 is 0 Å². The molecular formula is C21H23F6N3O5S. The summed E-state index contributed by atoms with van der Waals surface area (Å²) >= 11 is 0. The second-order valence-electron chi connectivity index (χ2n) is 8.65. The molecule has 1 N–H and O–H groups in total. The number of halogens is 6. The highest BCUT2D eigenvalue weighted by molar-refractivity contribution is 7.92. The van der Waals surface area contributed by atoms with E-state index in [4.69, 9.17) is 0 Å². The lowest BCUT2D eigenvalue weighted by Gasteiger charge is -2.25. The van der Waals surface area contributed by atoms with Crippen LogP contribution in [-0.2, 0) is 20.8 Å². The molecule has 1 fully saturated rings. The first-order chi connectivity index (χ1) is 16.4. The fourth-order valence-electron chi connectivity index (χ4n) is 4.02. The van der Waals surface area contributed by atoms with Crippen molar-refractivity contribution in [1.82, 2.24) is 9.78 Å². The van der Waals surface area contributed by atoms with Crippen LogP contribution < -0.4 is 9.64 Å². The third-order valence-electron chi connectivity index (χ3n) is 5.57. The number of carboxylic acids is 1. The number of benzene rings is 1. The van der Waals surface area contributed by atoms with Gasteiger partial charge < -0.3 is 14.7 Å². The minimum atomic E-state index is -5.24. The zero-order valence-corrected chi connectivity index (χ0v) is 20.1.